The summed E-state index contributed by atoms with van der Waals surface area (Å²) in [6.07, 6.45) is 5.60. The molecule has 1 aromatic carbocycles. The molecule has 0 saturated carbocycles. The fourth-order valence-corrected chi connectivity index (χ4v) is 2.46. The van der Waals surface area contributed by atoms with Crippen LogP contribution in [0.25, 0.3) is 11.1 Å². The van der Waals surface area contributed by atoms with Crippen LogP contribution in [0.4, 0.5) is 0 Å². The highest BCUT2D eigenvalue weighted by molar-refractivity contribution is 5.94. The smallest absolute Gasteiger partial charge is 0.251 e. The minimum atomic E-state index is 0.00986. The summed E-state index contributed by atoms with van der Waals surface area (Å²) in [5, 5.41) is 13.1. The summed E-state index contributed by atoms with van der Waals surface area (Å²) in [6.45, 7) is 1.95. The van der Waals surface area contributed by atoms with Crippen molar-refractivity contribution >= 4 is 5.91 Å². The second kappa shape index (κ2) is 5.88. The van der Waals surface area contributed by atoms with Gasteiger partial charge < -0.3 is 10.6 Å². The van der Waals surface area contributed by atoms with Crippen LogP contribution in [0.3, 0.4) is 0 Å². The van der Waals surface area contributed by atoms with Crippen LogP contribution in [0.15, 0.2) is 36.7 Å². The largest absolute Gasteiger partial charge is 0.349 e. The van der Waals surface area contributed by atoms with Crippen LogP contribution in [0.5, 0.6) is 0 Å². The number of H-pyrrole nitrogens is 1. The Morgan fingerprint density at radius 1 is 1.15 bits per heavy atom. The summed E-state index contributed by atoms with van der Waals surface area (Å²) in [5.74, 6) is 0.00986. The number of rotatable bonds is 3. The molecule has 3 rings (SSSR count). The zero-order chi connectivity index (χ0) is 13.8. The minimum absolute atomic E-state index is 0.00986. The first-order valence-electron chi connectivity index (χ1n) is 6.94. The summed E-state index contributed by atoms with van der Waals surface area (Å²) < 4.78 is 0. The number of piperidine rings is 1. The molecule has 1 fully saturated rings. The number of aromatic nitrogens is 2. The summed E-state index contributed by atoms with van der Waals surface area (Å²) >= 11 is 0. The Hall–Kier alpha value is -2.14. The molecule has 1 aliphatic rings. The first kappa shape index (κ1) is 12.9. The molecule has 0 spiro atoms. The van der Waals surface area contributed by atoms with Crippen molar-refractivity contribution < 1.29 is 4.79 Å². The van der Waals surface area contributed by atoms with Crippen molar-refractivity contribution in [1.82, 2.24) is 20.8 Å². The molecule has 104 valence electrons. The van der Waals surface area contributed by atoms with Gasteiger partial charge in [-0.15, -0.1) is 0 Å². The molecule has 0 unspecified atom stereocenters. The van der Waals surface area contributed by atoms with E-state index < -0.39 is 0 Å². The number of carbonyl (C=O) groups excluding carboxylic acids is 1. The van der Waals surface area contributed by atoms with Crippen LogP contribution < -0.4 is 10.6 Å². The Bertz CT molecular complexity index is 556. The van der Waals surface area contributed by atoms with Gasteiger partial charge in [-0.1, -0.05) is 12.1 Å². The molecule has 1 amide bonds. The Morgan fingerprint density at radius 2 is 1.90 bits per heavy atom. The maximum atomic E-state index is 12.2. The highest BCUT2D eigenvalue weighted by Gasteiger charge is 2.16. The molecule has 5 heteroatoms. The lowest BCUT2D eigenvalue weighted by molar-refractivity contribution is 0.0929. The summed E-state index contributed by atoms with van der Waals surface area (Å²) in [7, 11) is 0. The highest BCUT2D eigenvalue weighted by atomic mass is 16.1. The van der Waals surface area contributed by atoms with Crippen LogP contribution in [-0.4, -0.2) is 35.2 Å². The first-order valence-corrected chi connectivity index (χ1v) is 6.94. The predicted molar refractivity (Wildman–Crippen MR) is 77.4 cm³/mol. The van der Waals surface area contributed by atoms with Gasteiger partial charge in [-0.05, 0) is 43.6 Å². The van der Waals surface area contributed by atoms with Crippen molar-refractivity contribution in [2.75, 3.05) is 13.1 Å². The summed E-state index contributed by atoms with van der Waals surface area (Å²) in [6, 6.07) is 7.90. The Labute approximate surface area is 117 Å². The van der Waals surface area contributed by atoms with E-state index in [-0.39, 0.29) is 11.9 Å². The number of carbonyl (C=O) groups is 1. The van der Waals surface area contributed by atoms with Gasteiger partial charge in [-0.3, -0.25) is 9.89 Å². The van der Waals surface area contributed by atoms with E-state index >= 15 is 0 Å². The third-order valence-electron chi connectivity index (χ3n) is 3.65. The lowest BCUT2D eigenvalue weighted by Gasteiger charge is -2.23. The van der Waals surface area contributed by atoms with E-state index in [4.69, 9.17) is 0 Å². The average Bonchev–Trinajstić information content (AvgIpc) is 3.03. The number of nitrogens with zero attached hydrogens (tertiary/aromatic N) is 1. The monoisotopic (exact) mass is 270 g/mol. The summed E-state index contributed by atoms with van der Waals surface area (Å²) in [4.78, 5) is 12.2. The van der Waals surface area contributed by atoms with Gasteiger partial charge in [0.15, 0.2) is 0 Å². The van der Waals surface area contributed by atoms with E-state index in [2.05, 4.69) is 20.8 Å². The predicted octanol–water partition coefficient (Wildman–Crippen LogP) is 1.56. The van der Waals surface area contributed by atoms with E-state index in [1.165, 1.54) is 0 Å². The van der Waals surface area contributed by atoms with E-state index in [1.807, 2.05) is 30.5 Å². The number of nitrogens with one attached hydrogen (secondary N) is 3. The third kappa shape index (κ3) is 2.88. The fraction of sp³-hybridized carbons (Fsp3) is 0.333. The molecule has 1 saturated heterocycles. The molecule has 0 aliphatic carbocycles. The maximum absolute atomic E-state index is 12.2. The standard InChI is InChI=1S/C15H18N4O/c20-15(19-14-5-7-16-8-6-14)12-3-1-11(2-4-12)13-9-17-18-10-13/h1-4,9-10,14,16H,5-8H2,(H,17,18)(H,19,20). The van der Waals surface area contributed by atoms with Gasteiger partial charge in [0, 0.05) is 23.4 Å². The van der Waals surface area contributed by atoms with Gasteiger partial charge in [0.1, 0.15) is 0 Å². The zero-order valence-electron chi connectivity index (χ0n) is 11.2. The Balaban J connectivity index is 1.66. The first-order chi connectivity index (χ1) is 9.83. The van der Waals surface area contributed by atoms with Crippen molar-refractivity contribution in [1.29, 1.82) is 0 Å². The van der Waals surface area contributed by atoms with Crippen molar-refractivity contribution in [3.8, 4) is 11.1 Å². The zero-order valence-corrected chi connectivity index (χ0v) is 11.2. The number of benzene rings is 1. The van der Waals surface area contributed by atoms with Crippen LogP contribution in [-0.2, 0) is 0 Å². The van der Waals surface area contributed by atoms with Crippen molar-refractivity contribution in [3.05, 3.63) is 42.2 Å². The van der Waals surface area contributed by atoms with Gasteiger partial charge in [-0.25, -0.2) is 0 Å². The van der Waals surface area contributed by atoms with Crippen LogP contribution >= 0.6 is 0 Å². The van der Waals surface area contributed by atoms with E-state index in [1.54, 1.807) is 6.20 Å². The lowest BCUT2D eigenvalue weighted by Crippen LogP contribution is -2.42. The minimum Gasteiger partial charge on any atom is -0.349 e. The van der Waals surface area contributed by atoms with Crippen molar-refractivity contribution in [3.63, 3.8) is 0 Å². The van der Waals surface area contributed by atoms with Gasteiger partial charge in [0.2, 0.25) is 0 Å². The number of hydrogen-bond donors (Lipinski definition) is 3. The quantitative estimate of drug-likeness (QED) is 0.792. The second-order valence-corrected chi connectivity index (χ2v) is 5.06. The average molecular weight is 270 g/mol. The van der Waals surface area contributed by atoms with Gasteiger partial charge >= 0.3 is 0 Å². The van der Waals surface area contributed by atoms with E-state index in [0.717, 1.165) is 37.1 Å². The molecule has 1 aromatic heterocycles. The molecule has 2 heterocycles. The van der Waals surface area contributed by atoms with Crippen LogP contribution in [0, 0.1) is 0 Å². The van der Waals surface area contributed by atoms with Crippen LogP contribution in [0.2, 0.25) is 0 Å². The molecule has 2 aromatic rings. The second-order valence-electron chi connectivity index (χ2n) is 5.06. The molecule has 0 bridgehead atoms. The van der Waals surface area contributed by atoms with Gasteiger partial charge in [-0.2, -0.15) is 5.10 Å². The van der Waals surface area contributed by atoms with Crippen molar-refractivity contribution in [2.24, 2.45) is 0 Å². The maximum Gasteiger partial charge on any atom is 0.251 e. The number of aromatic amines is 1. The van der Waals surface area contributed by atoms with Gasteiger partial charge in [0.05, 0.1) is 6.20 Å². The van der Waals surface area contributed by atoms with E-state index in [0.29, 0.717) is 5.56 Å². The fourth-order valence-electron chi connectivity index (χ4n) is 2.46. The number of hydrogen-bond acceptors (Lipinski definition) is 3. The Kier molecular flexibility index (Phi) is 3.78. The molecule has 1 aliphatic heterocycles. The lowest BCUT2D eigenvalue weighted by atomic mass is 10.0. The highest BCUT2D eigenvalue weighted by Crippen LogP contribution is 2.18. The molecule has 0 radical (unpaired) electrons. The van der Waals surface area contributed by atoms with E-state index in [9.17, 15) is 4.79 Å². The molecule has 0 atom stereocenters. The molecular weight excluding hydrogens is 252 g/mol. The topological polar surface area (TPSA) is 69.8 Å². The third-order valence-corrected chi connectivity index (χ3v) is 3.65. The van der Waals surface area contributed by atoms with Crippen LogP contribution in [0.1, 0.15) is 23.2 Å². The molecular formula is C15H18N4O. The van der Waals surface area contributed by atoms with Crippen molar-refractivity contribution in [2.45, 2.75) is 18.9 Å². The SMILES string of the molecule is O=C(NC1CCNCC1)c1ccc(-c2cn[nH]c2)cc1. The summed E-state index contributed by atoms with van der Waals surface area (Å²) in [5.41, 5.74) is 2.78. The molecule has 20 heavy (non-hydrogen) atoms. The normalized spacial score (nSPS) is 16.0. The molecule has 5 nitrogen and oxygen atoms in total. The molecule has 3 N–H and O–H groups in total. The Morgan fingerprint density at radius 3 is 2.55 bits per heavy atom. The van der Waals surface area contributed by atoms with Gasteiger partial charge in [0.25, 0.3) is 5.91 Å². The number of amides is 1.